The zero-order valence-electron chi connectivity index (χ0n) is 8.35. The molecule has 14 heavy (non-hydrogen) atoms. The fraction of sp³-hybridized carbons (Fsp3) is 0.667. The maximum Gasteiger partial charge on any atom is 0.335 e. The Balaban J connectivity index is 2.60. The second-order valence-corrected chi connectivity index (χ2v) is 4.86. The van der Waals surface area contributed by atoms with Gasteiger partial charge in [-0.15, -0.1) is 0 Å². The third-order valence-corrected chi connectivity index (χ3v) is 3.26. The van der Waals surface area contributed by atoms with Crippen LogP contribution in [0.3, 0.4) is 0 Å². The van der Waals surface area contributed by atoms with Crippen LogP contribution in [0, 0.1) is 0 Å². The Morgan fingerprint density at radius 3 is 2.79 bits per heavy atom. The Hall–Kier alpha value is -0.683. The highest BCUT2D eigenvalue weighted by Gasteiger charge is 2.38. The predicted octanol–water partition coefficient (Wildman–Crippen LogP) is 1.01. The van der Waals surface area contributed by atoms with Gasteiger partial charge in [0.25, 0.3) is 9.85 Å². The summed E-state index contributed by atoms with van der Waals surface area (Å²) in [4.78, 5) is 11.2. The van der Waals surface area contributed by atoms with Gasteiger partial charge in [0.2, 0.25) is 5.41 Å². The van der Waals surface area contributed by atoms with Crippen molar-refractivity contribution in [2.24, 2.45) is 0 Å². The second kappa shape index (κ2) is 4.70. The third kappa shape index (κ3) is 2.65. The monoisotopic (exact) mass is 218 g/mol. The summed E-state index contributed by atoms with van der Waals surface area (Å²) < 4.78 is 23.1. The number of hydrogen-bond donors (Lipinski definition) is 0. The van der Waals surface area contributed by atoms with Gasteiger partial charge in [-0.25, -0.2) is 4.79 Å². The Kier molecular flexibility index (Phi) is 3.83. The van der Waals surface area contributed by atoms with Crippen molar-refractivity contribution in [2.75, 3.05) is 6.61 Å². The summed E-state index contributed by atoms with van der Waals surface area (Å²) in [5.41, 5.74) is -0.935. The molecule has 0 aromatic carbocycles. The van der Waals surface area contributed by atoms with Crippen LogP contribution in [-0.2, 0) is 14.3 Å². The minimum atomic E-state index is -2.02. The fourth-order valence-electron chi connectivity index (χ4n) is 1.30. The molecule has 1 unspecified atom stereocenters. The lowest BCUT2D eigenvalue weighted by Crippen LogP contribution is -2.45. The molecule has 3 nitrogen and oxygen atoms in total. The van der Waals surface area contributed by atoms with Crippen LogP contribution in [0.5, 0.6) is 0 Å². The minimum absolute atomic E-state index is 0.279. The van der Waals surface area contributed by atoms with E-state index in [2.05, 4.69) is 6.58 Å². The van der Waals surface area contributed by atoms with E-state index in [1.54, 1.807) is 6.92 Å². The lowest BCUT2D eigenvalue weighted by atomic mass is 10.2. The third-order valence-electron chi connectivity index (χ3n) is 2.15. The van der Waals surface area contributed by atoms with Gasteiger partial charge < -0.3 is 13.6 Å². The summed E-state index contributed by atoms with van der Waals surface area (Å²) in [5.74, 6) is -0.558. The van der Waals surface area contributed by atoms with Crippen molar-refractivity contribution in [1.82, 2.24) is 0 Å². The predicted molar refractivity (Wildman–Crippen MR) is 53.1 cm³/mol. The number of carbonyl (C=O) groups excluding carboxylic acids is 1. The van der Waals surface area contributed by atoms with Gasteiger partial charge >= 0.3 is 5.97 Å². The summed E-state index contributed by atoms with van der Waals surface area (Å²) >= 11 is 0. The van der Waals surface area contributed by atoms with E-state index in [0.29, 0.717) is 13.0 Å². The summed E-state index contributed by atoms with van der Waals surface area (Å²) in [6.45, 7) is 5.46. The first-order valence-corrected chi connectivity index (χ1v) is 5.92. The number of hydrogen-bond acceptors (Lipinski definition) is 3. The Morgan fingerprint density at radius 2 is 2.36 bits per heavy atom. The van der Waals surface area contributed by atoms with Gasteiger partial charge in [-0.3, -0.25) is 0 Å². The number of ether oxygens (including phenoxy) is 2. The highest BCUT2D eigenvalue weighted by molar-refractivity contribution is 6.30. The van der Waals surface area contributed by atoms with Crippen molar-refractivity contribution in [3.05, 3.63) is 12.2 Å². The summed E-state index contributed by atoms with van der Waals surface area (Å²) in [5, 5.41) is 0. The smallest absolute Gasteiger partial charge is 0.335 e. The first-order chi connectivity index (χ1) is 6.59. The van der Waals surface area contributed by atoms with E-state index in [1.165, 1.54) is 0 Å². The van der Waals surface area contributed by atoms with Crippen molar-refractivity contribution in [3.63, 3.8) is 0 Å². The fourth-order valence-corrected chi connectivity index (χ4v) is 2.09. The molecule has 0 amide bonds. The maximum atomic E-state index is 12.9. The van der Waals surface area contributed by atoms with E-state index < -0.39 is 21.2 Å². The van der Waals surface area contributed by atoms with Crippen LogP contribution in [0.15, 0.2) is 12.2 Å². The first kappa shape index (κ1) is 11.4. The van der Waals surface area contributed by atoms with Gasteiger partial charge in [-0.2, -0.15) is 0 Å². The zero-order valence-corrected chi connectivity index (χ0v) is 9.76. The van der Waals surface area contributed by atoms with Crippen molar-refractivity contribution in [1.29, 1.82) is 0 Å². The molecule has 0 radical (unpaired) electrons. The Morgan fingerprint density at radius 1 is 1.64 bits per heavy atom. The number of esters is 1. The molecule has 1 saturated heterocycles. The molecule has 0 aliphatic carbocycles. The van der Waals surface area contributed by atoms with Gasteiger partial charge in [0.1, 0.15) is 0 Å². The van der Waals surface area contributed by atoms with E-state index in [0.717, 1.165) is 12.8 Å². The highest BCUT2D eigenvalue weighted by Crippen LogP contribution is 2.26. The molecular formula is C9H15FO3Si. The lowest BCUT2D eigenvalue weighted by Gasteiger charge is -2.33. The molecule has 1 fully saturated rings. The molecule has 1 rings (SSSR count). The van der Waals surface area contributed by atoms with E-state index in [9.17, 15) is 8.90 Å². The average Bonchev–Trinajstić information content (AvgIpc) is 2.19. The van der Waals surface area contributed by atoms with Crippen molar-refractivity contribution >= 4 is 15.8 Å². The molecular weight excluding hydrogens is 203 g/mol. The molecule has 0 N–H and O–H groups in total. The van der Waals surface area contributed by atoms with Crippen LogP contribution in [0.25, 0.3) is 0 Å². The molecule has 5 heteroatoms. The van der Waals surface area contributed by atoms with Crippen LogP contribution in [-0.4, -0.2) is 27.8 Å². The molecule has 1 atom stereocenters. The topological polar surface area (TPSA) is 35.5 Å². The van der Waals surface area contributed by atoms with Crippen molar-refractivity contribution in [2.45, 2.75) is 31.6 Å². The van der Waals surface area contributed by atoms with E-state index in [-0.39, 0.29) is 5.57 Å². The molecule has 0 bridgehead atoms. The van der Waals surface area contributed by atoms with E-state index >= 15 is 0 Å². The second-order valence-electron chi connectivity index (χ2n) is 3.52. The van der Waals surface area contributed by atoms with Crippen molar-refractivity contribution in [3.8, 4) is 0 Å². The van der Waals surface area contributed by atoms with E-state index in [4.69, 9.17) is 9.47 Å². The SMILES string of the molecule is C=C(C)C(=O)OC1([SiH2]F)CCCCO1. The van der Waals surface area contributed by atoms with Crippen LogP contribution in [0.2, 0.25) is 0 Å². The van der Waals surface area contributed by atoms with Gasteiger partial charge in [-0.05, 0) is 19.8 Å². The first-order valence-electron chi connectivity index (χ1n) is 4.68. The quantitative estimate of drug-likeness (QED) is 0.307. The van der Waals surface area contributed by atoms with Crippen molar-refractivity contribution < 1.29 is 18.4 Å². The van der Waals surface area contributed by atoms with Gasteiger partial charge in [0, 0.05) is 12.0 Å². The number of rotatable bonds is 3. The standard InChI is InChI=1S/C9H15FO3Si/c1-7(2)8(11)13-9(14-10)5-3-4-6-12-9/h1,3-6,14H2,2H3. The molecule has 0 saturated carbocycles. The zero-order chi connectivity index (χ0) is 10.6. The molecule has 1 aliphatic rings. The summed E-state index contributed by atoms with van der Waals surface area (Å²) in [6.07, 6.45) is 2.23. The maximum absolute atomic E-state index is 12.9. The average molecular weight is 218 g/mol. The highest BCUT2D eigenvalue weighted by atomic mass is 28.3. The molecule has 0 spiro atoms. The van der Waals surface area contributed by atoms with Crippen LogP contribution < -0.4 is 0 Å². The summed E-state index contributed by atoms with van der Waals surface area (Å²) in [7, 11) is -2.02. The molecule has 80 valence electrons. The molecule has 0 aromatic rings. The van der Waals surface area contributed by atoms with Crippen LogP contribution in [0.1, 0.15) is 26.2 Å². The number of halogens is 1. The largest absolute Gasteiger partial charge is 0.431 e. The van der Waals surface area contributed by atoms with Crippen LogP contribution >= 0.6 is 0 Å². The lowest BCUT2D eigenvalue weighted by molar-refractivity contribution is -0.205. The van der Waals surface area contributed by atoms with E-state index in [1.807, 2.05) is 0 Å². The van der Waals surface area contributed by atoms with Gasteiger partial charge in [-0.1, -0.05) is 6.58 Å². The van der Waals surface area contributed by atoms with Gasteiger partial charge in [0.05, 0.1) is 6.61 Å². The molecule has 0 aromatic heterocycles. The molecule has 1 aliphatic heterocycles. The normalized spacial score (nSPS) is 27.9. The minimum Gasteiger partial charge on any atom is -0.431 e. The number of carbonyl (C=O) groups is 1. The van der Waals surface area contributed by atoms with Gasteiger partial charge in [0.15, 0.2) is 0 Å². The molecule has 1 heterocycles. The summed E-state index contributed by atoms with van der Waals surface area (Å²) in [6, 6.07) is 0. The Labute approximate surface area is 85.3 Å². The Bertz CT molecular complexity index is 236. The van der Waals surface area contributed by atoms with Crippen LogP contribution in [0.4, 0.5) is 4.11 Å².